The van der Waals surface area contributed by atoms with Crippen LogP contribution in [0.15, 0.2) is 47.4 Å². The van der Waals surface area contributed by atoms with Gasteiger partial charge in [-0.05, 0) is 36.4 Å². The Hall–Kier alpha value is -2.49. The fraction of sp³-hybridized carbons (Fsp3) is 0.188. The van der Waals surface area contributed by atoms with Crippen LogP contribution in [0.2, 0.25) is 5.02 Å². The van der Waals surface area contributed by atoms with Gasteiger partial charge in [0, 0.05) is 11.1 Å². The average molecular weight is 405 g/mol. The third kappa shape index (κ3) is 7.18. The smallest absolute Gasteiger partial charge is 0.357 e. The molecule has 0 saturated carbocycles. The number of hydrogen-bond acceptors (Lipinski definition) is 7. The van der Waals surface area contributed by atoms with Gasteiger partial charge < -0.3 is 10.2 Å². The van der Waals surface area contributed by atoms with Gasteiger partial charge in [0.25, 0.3) is 10.1 Å². The molecule has 0 spiro atoms. The monoisotopic (exact) mass is 404 g/mol. The summed E-state index contributed by atoms with van der Waals surface area (Å²) in [5, 5.41) is 18.3. The second-order valence-electron chi connectivity index (χ2n) is 5.22. The number of carbonyl (C=O) groups excluding carboxylic acids is 1. The predicted octanol–water partition coefficient (Wildman–Crippen LogP) is 3.18. The Morgan fingerprint density at radius 2 is 1.65 bits per heavy atom. The fourth-order valence-corrected chi connectivity index (χ4v) is 2.11. The van der Waals surface area contributed by atoms with Crippen LogP contribution in [0.3, 0.4) is 0 Å². The minimum absolute atomic E-state index is 0.206. The van der Waals surface area contributed by atoms with Crippen LogP contribution < -0.4 is 4.89 Å². The van der Waals surface area contributed by atoms with Crippen LogP contribution >= 0.6 is 11.6 Å². The lowest BCUT2D eigenvalue weighted by molar-refractivity contribution is -0.217. The number of carbonyl (C=O) groups is 1. The summed E-state index contributed by atoms with van der Waals surface area (Å²) in [5.74, 6) is -1.11. The Morgan fingerprint density at radius 3 is 2.12 bits per heavy atom. The topological polar surface area (TPSA) is 130 Å². The Morgan fingerprint density at radius 1 is 1.08 bits per heavy atom. The van der Waals surface area contributed by atoms with Crippen LogP contribution in [0.1, 0.15) is 13.8 Å². The molecule has 0 unspecified atom stereocenters. The Balaban J connectivity index is 0.000000263. The number of aromatic hydroxyl groups is 2. The van der Waals surface area contributed by atoms with Crippen molar-refractivity contribution in [2.75, 3.05) is 0 Å². The van der Waals surface area contributed by atoms with Crippen molar-refractivity contribution in [3.63, 3.8) is 0 Å². The van der Waals surface area contributed by atoms with E-state index in [2.05, 4.69) is 4.89 Å². The highest BCUT2D eigenvalue weighted by atomic mass is 35.5. The first-order chi connectivity index (χ1) is 12.0. The SMILES string of the molecule is CC(C)C(=O)OOc1ccc(Cl)cc1.O=S(=O)(O)c1cc(O)ccc1O. The first-order valence-corrected chi connectivity index (χ1v) is 8.96. The van der Waals surface area contributed by atoms with Gasteiger partial charge >= 0.3 is 5.97 Å². The summed E-state index contributed by atoms with van der Waals surface area (Å²) in [4.78, 5) is 19.6. The molecule has 2 rings (SSSR count). The summed E-state index contributed by atoms with van der Waals surface area (Å²) in [7, 11) is -4.47. The van der Waals surface area contributed by atoms with Crippen molar-refractivity contribution < 1.29 is 37.8 Å². The van der Waals surface area contributed by atoms with E-state index >= 15 is 0 Å². The third-order valence-electron chi connectivity index (χ3n) is 2.73. The van der Waals surface area contributed by atoms with Crippen LogP contribution in [0.5, 0.6) is 17.2 Å². The van der Waals surface area contributed by atoms with Crippen LogP contribution in [-0.2, 0) is 19.8 Å². The molecule has 0 fully saturated rings. The van der Waals surface area contributed by atoms with E-state index in [-0.39, 0.29) is 11.7 Å². The van der Waals surface area contributed by atoms with Crippen LogP contribution in [-0.4, -0.2) is 29.2 Å². The van der Waals surface area contributed by atoms with E-state index in [1.54, 1.807) is 38.1 Å². The Labute approximate surface area is 155 Å². The number of phenolic OH excluding ortho intramolecular Hbond substituents is 2. The highest BCUT2D eigenvalue weighted by Crippen LogP contribution is 2.25. The number of benzene rings is 2. The number of phenols is 2. The molecule has 0 aliphatic rings. The van der Waals surface area contributed by atoms with Gasteiger partial charge in [-0.1, -0.05) is 25.4 Å². The lowest BCUT2D eigenvalue weighted by Crippen LogP contribution is -2.13. The zero-order valence-electron chi connectivity index (χ0n) is 13.8. The molecule has 10 heteroatoms. The predicted molar refractivity (Wildman–Crippen MR) is 92.6 cm³/mol. The van der Waals surface area contributed by atoms with Gasteiger partial charge in [0.15, 0.2) is 5.75 Å². The van der Waals surface area contributed by atoms with E-state index in [9.17, 15) is 13.2 Å². The maximum Gasteiger partial charge on any atom is 0.357 e. The molecule has 0 aliphatic carbocycles. The lowest BCUT2D eigenvalue weighted by atomic mass is 10.2. The third-order valence-corrected chi connectivity index (χ3v) is 3.86. The van der Waals surface area contributed by atoms with E-state index < -0.39 is 26.7 Å². The molecule has 0 amide bonds. The second kappa shape index (κ2) is 9.27. The summed E-state index contributed by atoms with van der Waals surface area (Å²) < 4.78 is 29.5. The number of halogens is 1. The molecule has 26 heavy (non-hydrogen) atoms. The highest BCUT2D eigenvalue weighted by molar-refractivity contribution is 7.86. The second-order valence-corrected chi connectivity index (χ2v) is 7.05. The summed E-state index contributed by atoms with van der Waals surface area (Å²) in [6.45, 7) is 3.46. The van der Waals surface area contributed by atoms with E-state index in [1.807, 2.05) is 0 Å². The summed E-state index contributed by atoms with van der Waals surface area (Å²) >= 11 is 5.66. The number of rotatable bonds is 4. The van der Waals surface area contributed by atoms with Gasteiger partial charge in [-0.2, -0.15) is 8.42 Å². The lowest BCUT2D eigenvalue weighted by Gasteiger charge is -2.05. The average Bonchev–Trinajstić information content (AvgIpc) is 2.55. The van der Waals surface area contributed by atoms with Gasteiger partial charge in [-0.25, -0.2) is 4.79 Å². The molecule has 8 nitrogen and oxygen atoms in total. The zero-order chi connectivity index (χ0) is 19.9. The molecule has 0 aliphatic heterocycles. The molecule has 0 radical (unpaired) electrons. The zero-order valence-corrected chi connectivity index (χ0v) is 15.4. The van der Waals surface area contributed by atoms with Gasteiger partial charge in [-0.3, -0.25) is 14.3 Å². The summed E-state index contributed by atoms with van der Waals surface area (Å²) in [6.07, 6.45) is 0. The molecule has 0 atom stereocenters. The van der Waals surface area contributed by atoms with Gasteiger partial charge in [0.2, 0.25) is 0 Å². The van der Waals surface area contributed by atoms with Crippen molar-refractivity contribution in [1.29, 1.82) is 0 Å². The van der Waals surface area contributed by atoms with Crippen molar-refractivity contribution in [2.45, 2.75) is 18.7 Å². The van der Waals surface area contributed by atoms with Crippen LogP contribution in [0.4, 0.5) is 0 Å². The normalized spacial score (nSPS) is 10.7. The molecule has 0 aromatic heterocycles. The molecular weight excluding hydrogens is 388 g/mol. The molecule has 2 aromatic carbocycles. The minimum atomic E-state index is -4.47. The Kier molecular flexibility index (Phi) is 7.69. The van der Waals surface area contributed by atoms with Crippen molar-refractivity contribution in [3.05, 3.63) is 47.5 Å². The summed E-state index contributed by atoms with van der Waals surface area (Å²) in [6, 6.07) is 9.37. The van der Waals surface area contributed by atoms with E-state index in [4.69, 9.17) is 31.3 Å². The van der Waals surface area contributed by atoms with Gasteiger partial charge in [-0.15, -0.1) is 0 Å². The molecule has 2 aromatic rings. The maximum atomic E-state index is 11.0. The van der Waals surface area contributed by atoms with E-state index in [1.165, 1.54) is 0 Å². The first kappa shape index (κ1) is 21.6. The van der Waals surface area contributed by atoms with Crippen LogP contribution in [0.25, 0.3) is 0 Å². The van der Waals surface area contributed by atoms with Gasteiger partial charge in [0.1, 0.15) is 16.4 Å². The first-order valence-electron chi connectivity index (χ1n) is 7.14. The minimum Gasteiger partial charge on any atom is -0.508 e. The van der Waals surface area contributed by atoms with E-state index in [0.29, 0.717) is 10.8 Å². The summed E-state index contributed by atoms with van der Waals surface area (Å²) in [5.41, 5.74) is 0. The molecular formula is C16H17ClO8S. The molecule has 3 N–H and O–H groups in total. The fourth-order valence-electron chi connectivity index (χ4n) is 1.38. The largest absolute Gasteiger partial charge is 0.508 e. The van der Waals surface area contributed by atoms with Gasteiger partial charge in [0.05, 0.1) is 5.92 Å². The van der Waals surface area contributed by atoms with Crippen molar-refractivity contribution in [2.24, 2.45) is 5.92 Å². The quantitative estimate of drug-likeness (QED) is 0.306. The van der Waals surface area contributed by atoms with Crippen molar-refractivity contribution in [3.8, 4) is 17.2 Å². The molecule has 0 saturated heterocycles. The highest BCUT2D eigenvalue weighted by Gasteiger charge is 2.15. The Bertz CT molecular complexity index is 847. The maximum absolute atomic E-state index is 11.0. The van der Waals surface area contributed by atoms with E-state index in [0.717, 1.165) is 18.2 Å². The van der Waals surface area contributed by atoms with Crippen LogP contribution in [0, 0.1) is 5.92 Å². The van der Waals surface area contributed by atoms with Crippen molar-refractivity contribution >= 4 is 27.7 Å². The molecule has 0 bridgehead atoms. The van der Waals surface area contributed by atoms with Crippen molar-refractivity contribution in [1.82, 2.24) is 0 Å². The standard InChI is InChI=1S/C10H11ClO3.C6H6O5S/c1-7(2)10(12)14-13-9-5-3-8(11)4-6-9;7-4-1-2-5(8)6(3-4)12(9,10)11/h3-7H,1-2H3;1-3,7-8H,(H,9,10,11). The molecule has 142 valence electrons. The number of hydrogen-bond donors (Lipinski definition) is 3. The molecule has 0 heterocycles.